The van der Waals surface area contributed by atoms with Crippen LogP contribution in [0.2, 0.25) is 0 Å². The number of rotatable bonds is 7. The fraction of sp³-hybridized carbons (Fsp3) is 0.185. The second-order valence-electron chi connectivity index (χ2n) is 8.09. The standard InChI is InChI=1S/C27H29N5O2/c1-32(2)22-8-6-7-19(17-22)26(33)31-27(30-21-11-13-23(34-3)14-12-21)28-16-15-20-18-29-25-10-5-4-9-24(20)25/h4-14,17-18,29H,15-16H2,1-3H3,(H2,28,30,31,33). The Balaban J connectivity index is 1.52. The molecule has 0 bridgehead atoms. The van der Waals surface area contributed by atoms with Gasteiger partial charge >= 0.3 is 0 Å². The number of guanidine groups is 1. The summed E-state index contributed by atoms with van der Waals surface area (Å²) in [5.74, 6) is 0.925. The van der Waals surface area contributed by atoms with Crippen LogP contribution < -0.4 is 20.3 Å². The normalized spacial score (nSPS) is 11.3. The third-order valence-electron chi connectivity index (χ3n) is 5.54. The highest BCUT2D eigenvalue weighted by molar-refractivity contribution is 6.10. The number of nitrogens with one attached hydrogen (secondary N) is 3. The Morgan fingerprint density at radius 2 is 1.82 bits per heavy atom. The fourth-order valence-corrected chi connectivity index (χ4v) is 3.65. The van der Waals surface area contributed by atoms with E-state index in [9.17, 15) is 4.79 Å². The number of benzene rings is 3. The average Bonchev–Trinajstić information content (AvgIpc) is 3.27. The molecule has 1 aromatic heterocycles. The minimum absolute atomic E-state index is 0.226. The number of carbonyl (C=O) groups is 1. The molecule has 0 fully saturated rings. The summed E-state index contributed by atoms with van der Waals surface area (Å²) in [5.41, 5.74) is 4.61. The Morgan fingerprint density at radius 3 is 2.59 bits per heavy atom. The zero-order valence-electron chi connectivity index (χ0n) is 19.6. The smallest absolute Gasteiger partial charge is 0.258 e. The van der Waals surface area contributed by atoms with Gasteiger partial charge in [-0.3, -0.25) is 15.1 Å². The van der Waals surface area contributed by atoms with Crippen molar-refractivity contribution in [2.24, 2.45) is 4.99 Å². The lowest BCUT2D eigenvalue weighted by Gasteiger charge is -2.15. The third kappa shape index (κ3) is 5.56. The summed E-state index contributed by atoms with van der Waals surface area (Å²) < 4.78 is 5.23. The van der Waals surface area contributed by atoms with Gasteiger partial charge in [0.25, 0.3) is 5.91 Å². The van der Waals surface area contributed by atoms with Gasteiger partial charge in [-0.25, -0.2) is 0 Å². The third-order valence-corrected chi connectivity index (χ3v) is 5.54. The summed E-state index contributed by atoms with van der Waals surface area (Å²) in [7, 11) is 5.52. The molecule has 0 aliphatic carbocycles. The maximum atomic E-state index is 13.0. The summed E-state index contributed by atoms with van der Waals surface area (Å²) in [6.45, 7) is 0.512. The van der Waals surface area contributed by atoms with Crippen LogP contribution in [0.15, 0.2) is 84.0 Å². The molecule has 0 aliphatic heterocycles. The number of methoxy groups -OCH3 is 1. The summed E-state index contributed by atoms with van der Waals surface area (Å²) in [6, 6.07) is 23.1. The van der Waals surface area contributed by atoms with E-state index in [2.05, 4.69) is 32.7 Å². The first kappa shape index (κ1) is 22.9. The molecule has 7 nitrogen and oxygen atoms in total. The SMILES string of the molecule is COc1ccc(NC(=NCCc2c[nH]c3ccccc23)NC(=O)c2cccc(N(C)C)c2)cc1. The van der Waals surface area contributed by atoms with Crippen LogP contribution in [-0.2, 0) is 6.42 Å². The number of fused-ring (bicyclic) bond motifs is 1. The zero-order chi connectivity index (χ0) is 23.9. The van der Waals surface area contributed by atoms with Crippen LogP contribution in [0.3, 0.4) is 0 Å². The largest absolute Gasteiger partial charge is 0.497 e. The Hall–Kier alpha value is -4.26. The van der Waals surface area contributed by atoms with Crippen molar-refractivity contribution < 1.29 is 9.53 Å². The molecule has 0 saturated carbocycles. The van der Waals surface area contributed by atoms with Crippen LogP contribution >= 0.6 is 0 Å². The number of aliphatic imine (C=N–C) groups is 1. The minimum Gasteiger partial charge on any atom is -0.497 e. The molecule has 1 amide bonds. The number of aromatic nitrogens is 1. The van der Waals surface area contributed by atoms with Crippen LogP contribution in [0.1, 0.15) is 15.9 Å². The maximum absolute atomic E-state index is 13.0. The number of anilines is 2. The van der Waals surface area contributed by atoms with Gasteiger partial charge in [0.05, 0.1) is 7.11 Å². The van der Waals surface area contributed by atoms with Crippen LogP contribution in [0.4, 0.5) is 11.4 Å². The number of nitrogens with zero attached hydrogens (tertiary/aromatic N) is 2. The summed E-state index contributed by atoms with van der Waals surface area (Å²) in [6.07, 6.45) is 2.76. The number of carbonyl (C=O) groups excluding carboxylic acids is 1. The lowest BCUT2D eigenvalue weighted by atomic mass is 10.1. The first-order valence-electron chi connectivity index (χ1n) is 11.1. The van der Waals surface area contributed by atoms with E-state index >= 15 is 0 Å². The fourth-order valence-electron chi connectivity index (χ4n) is 3.65. The number of H-pyrrole nitrogens is 1. The first-order valence-corrected chi connectivity index (χ1v) is 11.1. The van der Waals surface area contributed by atoms with E-state index < -0.39 is 0 Å². The van der Waals surface area contributed by atoms with E-state index in [1.54, 1.807) is 13.2 Å². The second-order valence-corrected chi connectivity index (χ2v) is 8.09. The van der Waals surface area contributed by atoms with Gasteiger partial charge in [-0.15, -0.1) is 0 Å². The molecule has 0 aliphatic rings. The Kier molecular flexibility index (Phi) is 7.13. The number of hydrogen-bond donors (Lipinski definition) is 3. The van der Waals surface area contributed by atoms with Crippen molar-refractivity contribution in [2.45, 2.75) is 6.42 Å². The lowest BCUT2D eigenvalue weighted by Crippen LogP contribution is -2.36. The van der Waals surface area contributed by atoms with Gasteiger partial charge in [0, 0.05) is 54.7 Å². The van der Waals surface area contributed by atoms with E-state index in [0.717, 1.165) is 29.1 Å². The number of ether oxygens (including phenoxy) is 1. The van der Waals surface area contributed by atoms with Crippen molar-refractivity contribution in [3.8, 4) is 5.75 Å². The molecule has 4 aromatic rings. The van der Waals surface area contributed by atoms with Crippen molar-refractivity contribution >= 4 is 34.1 Å². The van der Waals surface area contributed by atoms with Crippen LogP contribution in [0.25, 0.3) is 10.9 Å². The van der Waals surface area contributed by atoms with Gasteiger partial charge in [-0.1, -0.05) is 24.3 Å². The van der Waals surface area contributed by atoms with Gasteiger partial charge in [0.15, 0.2) is 0 Å². The van der Waals surface area contributed by atoms with Crippen molar-refractivity contribution in [3.05, 3.63) is 90.1 Å². The summed E-state index contributed by atoms with van der Waals surface area (Å²) in [5, 5.41) is 7.35. The molecule has 0 radical (unpaired) electrons. The molecule has 0 atom stereocenters. The quantitative estimate of drug-likeness (QED) is 0.279. The number of hydrogen-bond acceptors (Lipinski definition) is 4. The monoisotopic (exact) mass is 455 g/mol. The molecule has 7 heteroatoms. The molecule has 34 heavy (non-hydrogen) atoms. The maximum Gasteiger partial charge on any atom is 0.258 e. The van der Waals surface area contributed by atoms with Gasteiger partial charge in [0.2, 0.25) is 5.96 Å². The van der Waals surface area contributed by atoms with Gasteiger partial charge in [-0.2, -0.15) is 0 Å². The average molecular weight is 456 g/mol. The Bertz CT molecular complexity index is 1290. The van der Waals surface area contributed by atoms with E-state index in [1.165, 1.54) is 10.9 Å². The number of para-hydroxylation sites is 1. The molecule has 1 heterocycles. The highest BCUT2D eigenvalue weighted by atomic mass is 16.5. The molecule has 0 unspecified atom stereocenters. The van der Waals surface area contributed by atoms with Crippen molar-refractivity contribution in [1.29, 1.82) is 0 Å². The second kappa shape index (κ2) is 10.6. The molecule has 4 rings (SSSR count). The molecule has 174 valence electrons. The van der Waals surface area contributed by atoms with E-state index in [4.69, 9.17) is 4.74 Å². The van der Waals surface area contributed by atoms with Crippen LogP contribution in [0.5, 0.6) is 5.75 Å². The highest BCUT2D eigenvalue weighted by Gasteiger charge is 2.11. The van der Waals surface area contributed by atoms with E-state index in [0.29, 0.717) is 18.1 Å². The first-order chi connectivity index (χ1) is 16.5. The number of aromatic amines is 1. The van der Waals surface area contributed by atoms with Gasteiger partial charge in [0.1, 0.15) is 5.75 Å². The zero-order valence-corrected chi connectivity index (χ0v) is 19.6. The van der Waals surface area contributed by atoms with Gasteiger partial charge < -0.3 is 19.9 Å². The molecular formula is C27H29N5O2. The molecular weight excluding hydrogens is 426 g/mol. The van der Waals surface area contributed by atoms with Gasteiger partial charge in [-0.05, 0) is 60.5 Å². The predicted octanol–water partition coefficient (Wildman–Crippen LogP) is 4.68. The minimum atomic E-state index is -0.226. The molecule has 3 N–H and O–H groups in total. The van der Waals surface area contributed by atoms with Crippen LogP contribution in [-0.4, -0.2) is 44.6 Å². The van der Waals surface area contributed by atoms with Crippen molar-refractivity contribution in [3.63, 3.8) is 0 Å². The van der Waals surface area contributed by atoms with Crippen molar-refractivity contribution in [2.75, 3.05) is 38.0 Å². The lowest BCUT2D eigenvalue weighted by molar-refractivity contribution is 0.0977. The summed E-state index contributed by atoms with van der Waals surface area (Å²) in [4.78, 5) is 23.0. The highest BCUT2D eigenvalue weighted by Crippen LogP contribution is 2.19. The molecule has 0 saturated heterocycles. The van der Waals surface area contributed by atoms with E-state index in [1.807, 2.05) is 79.8 Å². The summed E-state index contributed by atoms with van der Waals surface area (Å²) >= 11 is 0. The molecule has 0 spiro atoms. The topological polar surface area (TPSA) is 81.7 Å². The predicted molar refractivity (Wildman–Crippen MR) is 139 cm³/mol. The molecule has 3 aromatic carbocycles. The number of amides is 1. The van der Waals surface area contributed by atoms with E-state index in [-0.39, 0.29) is 5.91 Å². The van der Waals surface area contributed by atoms with Crippen LogP contribution in [0, 0.1) is 0 Å². The Labute approximate surface area is 199 Å². The Morgan fingerprint density at radius 1 is 1.03 bits per heavy atom. The van der Waals surface area contributed by atoms with Crippen molar-refractivity contribution in [1.82, 2.24) is 10.3 Å².